The van der Waals surface area contributed by atoms with Crippen molar-refractivity contribution in [1.29, 1.82) is 0 Å². The van der Waals surface area contributed by atoms with Gasteiger partial charge in [0.05, 0.1) is 17.1 Å². The molecule has 0 saturated carbocycles. The quantitative estimate of drug-likeness (QED) is 0.843. The zero-order valence-corrected chi connectivity index (χ0v) is 14.6. The molecule has 1 aromatic carbocycles. The van der Waals surface area contributed by atoms with E-state index in [0.717, 1.165) is 37.0 Å². The molecule has 1 aromatic heterocycles. The van der Waals surface area contributed by atoms with Gasteiger partial charge in [-0.25, -0.2) is 9.78 Å². The number of rotatable bonds is 5. The van der Waals surface area contributed by atoms with Crippen LogP contribution in [0.3, 0.4) is 0 Å². The average molecular weight is 357 g/mol. The van der Waals surface area contributed by atoms with Gasteiger partial charge in [-0.15, -0.1) is 0 Å². The highest BCUT2D eigenvalue weighted by atomic mass is 16.5. The number of para-hydroxylation sites is 2. The first kappa shape index (κ1) is 16.8. The van der Waals surface area contributed by atoms with Crippen LogP contribution in [-0.2, 0) is 16.1 Å². The largest absolute Gasteiger partial charge is 0.376 e. The Morgan fingerprint density at radius 1 is 1.23 bits per heavy atom. The molecule has 0 bridgehead atoms. The zero-order chi connectivity index (χ0) is 17.9. The van der Waals surface area contributed by atoms with E-state index >= 15 is 0 Å². The number of nitrogens with zero attached hydrogens (tertiary/aromatic N) is 3. The number of hydrogen-bond donors (Lipinski definition) is 2. The summed E-state index contributed by atoms with van der Waals surface area (Å²) >= 11 is 0. The number of hydrogen-bond acceptors (Lipinski definition) is 4. The fraction of sp³-hybridized carbons (Fsp3) is 0.500. The Morgan fingerprint density at radius 2 is 2.12 bits per heavy atom. The highest BCUT2D eigenvalue weighted by Gasteiger charge is 2.28. The third-order valence-corrected chi connectivity index (χ3v) is 4.85. The number of anilines is 1. The molecule has 2 aliphatic rings. The number of carbonyl (C=O) groups excluding carboxylic acids is 2. The van der Waals surface area contributed by atoms with Gasteiger partial charge in [-0.1, -0.05) is 12.1 Å². The summed E-state index contributed by atoms with van der Waals surface area (Å²) in [5, 5.41) is 5.67. The van der Waals surface area contributed by atoms with Crippen LogP contribution in [0.1, 0.15) is 19.3 Å². The van der Waals surface area contributed by atoms with Gasteiger partial charge in [0.15, 0.2) is 0 Å². The number of aromatic nitrogens is 2. The van der Waals surface area contributed by atoms with E-state index in [1.807, 2.05) is 28.8 Å². The molecule has 1 saturated heterocycles. The molecule has 26 heavy (non-hydrogen) atoms. The van der Waals surface area contributed by atoms with Crippen LogP contribution in [0.25, 0.3) is 11.0 Å². The number of amides is 3. The standard InChI is InChI=1S/C18H23N5O3/c24-16(20-12-13-4-3-11-26-13)7-8-19-18(25)23-10-9-22-15-6-2-1-5-14(15)21-17(22)23/h1-2,5-6,13H,3-4,7-12H2,(H,19,25)(H,20,24)/t13-/m0/s1. The Bertz CT molecular complexity index is 812. The first-order valence-corrected chi connectivity index (χ1v) is 9.11. The van der Waals surface area contributed by atoms with Gasteiger partial charge in [-0.2, -0.15) is 0 Å². The lowest BCUT2D eigenvalue weighted by atomic mass is 10.2. The average Bonchev–Trinajstić information content (AvgIpc) is 3.36. The molecule has 8 heteroatoms. The minimum atomic E-state index is -0.217. The van der Waals surface area contributed by atoms with E-state index in [1.165, 1.54) is 0 Å². The monoisotopic (exact) mass is 357 g/mol. The van der Waals surface area contributed by atoms with Crippen LogP contribution in [0.15, 0.2) is 24.3 Å². The van der Waals surface area contributed by atoms with Gasteiger partial charge in [-0.05, 0) is 25.0 Å². The van der Waals surface area contributed by atoms with E-state index in [2.05, 4.69) is 15.6 Å². The second-order valence-corrected chi connectivity index (χ2v) is 6.62. The zero-order valence-electron chi connectivity index (χ0n) is 14.6. The summed E-state index contributed by atoms with van der Waals surface area (Å²) < 4.78 is 7.52. The first-order chi connectivity index (χ1) is 12.7. The lowest BCUT2D eigenvalue weighted by Gasteiger charge is -2.15. The normalized spacial score (nSPS) is 18.9. The number of urea groups is 1. The molecule has 4 rings (SSSR count). The molecule has 2 aromatic rings. The van der Waals surface area contributed by atoms with Crippen molar-refractivity contribution >= 4 is 28.9 Å². The molecule has 0 spiro atoms. The lowest BCUT2D eigenvalue weighted by Crippen LogP contribution is -2.41. The fourth-order valence-corrected chi connectivity index (χ4v) is 3.48. The van der Waals surface area contributed by atoms with E-state index in [0.29, 0.717) is 25.6 Å². The minimum Gasteiger partial charge on any atom is -0.376 e. The van der Waals surface area contributed by atoms with Gasteiger partial charge in [-0.3, -0.25) is 9.69 Å². The van der Waals surface area contributed by atoms with Crippen molar-refractivity contribution in [2.45, 2.75) is 31.9 Å². The van der Waals surface area contributed by atoms with Gasteiger partial charge < -0.3 is 19.9 Å². The molecule has 3 amide bonds. The van der Waals surface area contributed by atoms with E-state index in [1.54, 1.807) is 4.90 Å². The van der Waals surface area contributed by atoms with Gasteiger partial charge in [0, 0.05) is 39.2 Å². The topological polar surface area (TPSA) is 88.5 Å². The van der Waals surface area contributed by atoms with Crippen LogP contribution in [0.5, 0.6) is 0 Å². The first-order valence-electron chi connectivity index (χ1n) is 9.11. The predicted octanol–water partition coefficient (Wildman–Crippen LogP) is 1.25. The van der Waals surface area contributed by atoms with Crippen molar-refractivity contribution in [3.8, 4) is 0 Å². The predicted molar refractivity (Wildman–Crippen MR) is 97.1 cm³/mol. The third-order valence-electron chi connectivity index (χ3n) is 4.85. The molecular formula is C18H23N5O3. The van der Waals surface area contributed by atoms with Crippen molar-refractivity contribution in [2.75, 3.05) is 31.1 Å². The van der Waals surface area contributed by atoms with Crippen molar-refractivity contribution in [3.05, 3.63) is 24.3 Å². The third kappa shape index (κ3) is 3.37. The maximum Gasteiger partial charge on any atom is 0.324 e. The number of fused-ring (bicyclic) bond motifs is 3. The summed E-state index contributed by atoms with van der Waals surface area (Å²) in [6.45, 7) is 2.93. The van der Waals surface area contributed by atoms with Crippen LogP contribution >= 0.6 is 0 Å². The fourth-order valence-electron chi connectivity index (χ4n) is 3.48. The highest BCUT2D eigenvalue weighted by molar-refractivity contribution is 5.94. The Balaban J connectivity index is 1.26. The summed E-state index contributed by atoms with van der Waals surface area (Å²) in [5.74, 6) is 0.584. The number of benzene rings is 1. The van der Waals surface area contributed by atoms with Crippen LogP contribution in [0.4, 0.5) is 10.7 Å². The van der Waals surface area contributed by atoms with Gasteiger partial charge in [0.25, 0.3) is 0 Å². The molecular weight excluding hydrogens is 334 g/mol. The van der Waals surface area contributed by atoms with E-state index in [9.17, 15) is 9.59 Å². The van der Waals surface area contributed by atoms with Crippen molar-refractivity contribution in [2.24, 2.45) is 0 Å². The second-order valence-electron chi connectivity index (χ2n) is 6.62. The van der Waals surface area contributed by atoms with Crippen LogP contribution in [0.2, 0.25) is 0 Å². The summed E-state index contributed by atoms with van der Waals surface area (Å²) in [6, 6.07) is 7.63. The Kier molecular flexibility index (Phi) is 4.75. The van der Waals surface area contributed by atoms with Crippen LogP contribution in [-0.4, -0.2) is 53.8 Å². The van der Waals surface area contributed by atoms with E-state index < -0.39 is 0 Å². The van der Waals surface area contributed by atoms with Gasteiger partial charge in [0.2, 0.25) is 11.9 Å². The summed E-state index contributed by atoms with van der Waals surface area (Å²) in [6.07, 6.45) is 2.43. The van der Waals surface area contributed by atoms with Crippen molar-refractivity contribution in [3.63, 3.8) is 0 Å². The molecule has 2 N–H and O–H groups in total. The Hall–Kier alpha value is -2.61. The SMILES string of the molecule is O=C(CCNC(=O)N1CCn2c1nc1ccccc12)NC[C@@H]1CCCO1. The number of carbonyl (C=O) groups is 2. The van der Waals surface area contributed by atoms with Crippen LogP contribution < -0.4 is 15.5 Å². The molecule has 0 aliphatic carbocycles. The maximum atomic E-state index is 12.4. The number of imidazole rings is 1. The molecule has 1 atom stereocenters. The number of nitrogens with one attached hydrogen (secondary N) is 2. The van der Waals surface area contributed by atoms with E-state index in [4.69, 9.17) is 4.74 Å². The van der Waals surface area contributed by atoms with Crippen molar-refractivity contribution < 1.29 is 14.3 Å². The number of ether oxygens (including phenoxy) is 1. The Labute approximate surface area is 151 Å². The molecule has 138 valence electrons. The van der Waals surface area contributed by atoms with Crippen LogP contribution in [0, 0.1) is 0 Å². The summed E-state index contributed by atoms with van der Waals surface area (Å²) in [4.78, 5) is 30.5. The molecule has 3 heterocycles. The lowest BCUT2D eigenvalue weighted by molar-refractivity contribution is -0.121. The molecule has 1 fully saturated rings. The molecule has 8 nitrogen and oxygen atoms in total. The Morgan fingerprint density at radius 3 is 2.96 bits per heavy atom. The summed E-state index contributed by atoms with van der Waals surface area (Å²) in [5.41, 5.74) is 1.92. The van der Waals surface area contributed by atoms with Crippen molar-refractivity contribution in [1.82, 2.24) is 20.2 Å². The maximum absolute atomic E-state index is 12.4. The minimum absolute atomic E-state index is 0.0746. The molecule has 0 unspecified atom stereocenters. The highest BCUT2D eigenvalue weighted by Crippen LogP contribution is 2.26. The second kappa shape index (κ2) is 7.33. The van der Waals surface area contributed by atoms with Gasteiger partial charge in [0.1, 0.15) is 0 Å². The smallest absolute Gasteiger partial charge is 0.324 e. The van der Waals surface area contributed by atoms with Gasteiger partial charge >= 0.3 is 6.03 Å². The molecule has 2 aliphatic heterocycles. The summed E-state index contributed by atoms with van der Waals surface area (Å²) in [7, 11) is 0. The molecule has 0 radical (unpaired) electrons. The van der Waals surface area contributed by atoms with E-state index in [-0.39, 0.29) is 24.5 Å².